The van der Waals surface area contributed by atoms with Gasteiger partial charge in [0.15, 0.2) is 0 Å². The molecule has 1 fully saturated rings. The highest BCUT2D eigenvalue weighted by molar-refractivity contribution is 5.78. The van der Waals surface area contributed by atoms with E-state index >= 15 is 0 Å². The third-order valence-electron chi connectivity index (χ3n) is 3.25. The van der Waals surface area contributed by atoms with Crippen LogP contribution in [0.4, 0.5) is 0 Å². The lowest BCUT2D eigenvalue weighted by Crippen LogP contribution is -2.22. The number of amides is 1. The monoisotopic (exact) mass is 216 g/mol. The molecule has 0 aliphatic heterocycles. The van der Waals surface area contributed by atoms with Crippen molar-refractivity contribution in [2.45, 2.75) is 32.1 Å². The zero-order chi connectivity index (χ0) is 11.2. The highest BCUT2D eigenvalue weighted by Gasteiger charge is 2.17. The molecule has 0 spiro atoms. The molecule has 1 aromatic carbocycles. The summed E-state index contributed by atoms with van der Waals surface area (Å²) in [5.41, 5.74) is 1.06. The highest BCUT2D eigenvalue weighted by Crippen LogP contribution is 2.28. The maximum Gasteiger partial charge on any atom is 0.245 e. The zero-order valence-electron chi connectivity index (χ0n) is 9.56. The molecule has 2 heteroatoms. The molecule has 0 atom stereocenters. The smallest absolute Gasteiger partial charge is 0.245 e. The minimum atomic E-state index is 0.0190. The molecule has 1 amide bonds. The molecule has 1 radical (unpaired) electrons. The molecule has 16 heavy (non-hydrogen) atoms. The molecule has 0 heterocycles. The normalized spacial score (nSPS) is 15.5. The van der Waals surface area contributed by atoms with Crippen molar-refractivity contribution in [1.29, 1.82) is 0 Å². The third kappa shape index (κ3) is 3.37. The number of carbonyl (C=O) groups excluding carboxylic acids is 1. The molecule has 1 aromatic rings. The summed E-state index contributed by atoms with van der Waals surface area (Å²) in [6, 6.07) is 9.81. The number of nitrogens with zero attached hydrogens (tertiary/aromatic N) is 1. The first kappa shape index (κ1) is 11.2. The molecule has 0 unspecified atom stereocenters. The molecule has 1 aliphatic carbocycles. The van der Waals surface area contributed by atoms with Gasteiger partial charge in [-0.1, -0.05) is 49.6 Å². The quantitative estimate of drug-likeness (QED) is 0.744. The van der Waals surface area contributed by atoms with E-state index in [0.717, 1.165) is 24.4 Å². The summed E-state index contributed by atoms with van der Waals surface area (Å²) >= 11 is 0. The van der Waals surface area contributed by atoms with Crippen LogP contribution in [-0.4, -0.2) is 12.5 Å². The van der Waals surface area contributed by atoms with Gasteiger partial charge in [0.05, 0.1) is 6.42 Å². The summed E-state index contributed by atoms with van der Waals surface area (Å²) < 4.78 is 0. The summed E-state index contributed by atoms with van der Waals surface area (Å²) in [4.78, 5) is 11.5. The lowest BCUT2D eigenvalue weighted by atomic mass is 9.83. The molecule has 1 aliphatic rings. The third-order valence-corrected chi connectivity index (χ3v) is 3.25. The van der Waals surface area contributed by atoms with Crippen molar-refractivity contribution in [2.75, 3.05) is 6.54 Å². The number of benzene rings is 1. The Morgan fingerprint density at radius 3 is 2.62 bits per heavy atom. The zero-order valence-corrected chi connectivity index (χ0v) is 9.56. The maximum absolute atomic E-state index is 11.5. The summed E-state index contributed by atoms with van der Waals surface area (Å²) in [7, 11) is 0. The first-order valence-corrected chi connectivity index (χ1v) is 6.09. The van der Waals surface area contributed by atoms with Gasteiger partial charge in [-0.3, -0.25) is 10.1 Å². The van der Waals surface area contributed by atoms with E-state index in [4.69, 9.17) is 0 Å². The van der Waals surface area contributed by atoms with E-state index in [1.165, 1.54) is 19.3 Å². The van der Waals surface area contributed by atoms with E-state index in [1.807, 2.05) is 30.3 Å². The molecular formula is C14H18NO. The van der Waals surface area contributed by atoms with E-state index in [0.29, 0.717) is 6.42 Å². The van der Waals surface area contributed by atoms with Crippen molar-refractivity contribution in [3.8, 4) is 0 Å². The molecular weight excluding hydrogens is 198 g/mol. The Morgan fingerprint density at radius 1 is 1.25 bits per heavy atom. The predicted molar refractivity (Wildman–Crippen MR) is 64.1 cm³/mol. The minimum Gasteiger partial charge on any atom is -0.273 e. The van der Waals surface area contributed by atoms with Crippen LogP contribution < -0.4 is 5.32 Å². The SMILES string of the molecule is O=C(Cc1ccccc1)[N]CCC1CCC1. The molecule has 2 nitrogen and oxygen atoms in total. The number of carbonyl (C=O) groups is 1. The van der Waals surface area contributed by atoms with E-state index in [9.17, 15) is 4.79 Å². The second-order valence-electron chi connectivity index (χ2n) is 4.52. The highest BCUT2D eigenvalue weighted by atomic mass is 16.1. The van der Waals surface area contributed by atoms with Crippen LogP contribution in [0.1, 0.15) is 31.2 Å². The molecule has 0 N–H and O–H groups in total. The van der Waals surface area contributed by atoms with Gasteiger partial charge >= 0.3 is 0 Å². The molecule has 0 saturated heterocycles. The Balaban J connectivity index is 1.64. The topological polar surface area (TPSA) is 31.2 Å². The van der Waals surface area contributed by atoms with Crippen LogP contribution in [0.5, 0.6) is 0 Å². The number of hydrogen-bond donors (Lipinski definition) is 0. The van der Waals surface area contributed by atoms with Gasteiger partial charge < -0.3 is 0 Å². The van der Waals surface area contributed by atoms with Crippen molar-refractivity contribution in [1.82, 2.24) is 5.32 Å². The fourth-order valence-electron chi connectivity index (χ4n) is 1.98. The van der Waals surface area contributed by atoms with Gasteiger partial charge in [0.1, 0.15) is 0 Å². The Bertz CT molecular complexity index is 330. The van der Waals surface area contributed by atoms with Crippen LogP contribution in [-0.2, 0) is 11.2 Å². The molecule has 0 aromatic heterocycles. The maximum atomic E-state index is 11.5. The average molecular weight is 216 g/mol. The first-order valence-electron chi connectivity index (χ1n) is 6.09. The number of hydrogen-bond acceptors (Lipinski definition) is 1. The van der Waals surface area contributed by atoms with E-state index < -0.39 is 0 Å². The van der Waals surface area contributed by atoms with Gasteiger partial charge in [-0.05, 0) is 17.9 Å². The van der Waals surface area contributed by atoms with Gasteiger partial charge in [0, 0.05) is 6.54 Å². The fourth-order valence-corrected chi connectivity index (χ4v) is 1.98. The van der Waals surface area contributed by atoms with Gasteiger partial charge in [-0.15, -0.1) is 0 Å². The summed E-state index contributed by atoms with van der Waals surface area (Å²) in [5, 5.41) is 4.10. The van der Waals surface area contributed by atoms with Crippen LogP contribution in [0.2, 0.25) is 0 Å². The second kappa shape index (κ2) is 5.69. The van der Waals surface area contributed by atoms with Crippen molar-refractivity contribution >= 4 is 5.91 Å². The van der Waals surface area contributed by atoms with Gasteiger partial charge in [-0.2, -0.15) is 0 Å². The second-order valence-corrected chi connectivity index (χ2v) is 4.52. The largest absolute Gasteiger partial charge is 0.273 e. The summed E-state index contributed by atoms with van der Waals surface area (Å²) in [6.45, 7) is 0.719. The molecule has 85 valence electrons. The van der Waals surface area contributed by atoms with Crippen molar-refractivity contribution in [3.05, 3.63) is 35.9 Å². The minimum absolute atomic E-state index is 0.0190. The lowest BCUT2D eigenvalue weighted by Gasteiger charge is -2.24. The Kier molecular flexibility index (Phi) is 3.97. The van der Waals surface area contributed by atoms with E-state index in [2.05, 4.69) is 5.32 Å². The number of rotatable bonds is 5. The van der Waals surface area contributed by atoms with E-state index in [-0.39, 0.29) is 5.91 Å². The lowest BCUT2D eigenvalue weighted by molar-refractivity contribution is -0.120. The Labute approximate surface area is 97.1 Å². The van der Waals surface area contributed by atoms with Crippen molar-refractivity contribution in [3.63, 3.8) is 0 Å². The van der Waals surface area contributed by atoms with E-state index in [1.54, 1.807) is 0 Å². The Hall–Kier alpha value is -1.31. The average Bonchev–Trinajstić information content (AvgIpc) is 2.23. The molecule has 2 rings (SSSR count). The van der Waals surface area contributed by atoms with Crippen LogP contribution >= 0.6 is 0 Å². The van der Waals surface area contributed by atoms with Gasteiger partial charge in [-0.25, -0.2) is 0 Å². The van der Waals surface area contributed by atoms with Gasteiger partial charge in [0.2, 0.25) is 5.91 Å². The van der Waals surface area contributed by atoms with Crippen LogP contribution in [0.3, 0.4) is 0 Å². The van der Waals surface area contributed by atoms with Crippen molar-refractivity contribution in [2.24, 2.45) is 5.92 Å². The summed E-state index contributed by atoms with van der Waals surface area (Å²) in [6.07, 6.45) is 5.58. The predicted octanol–water partition coefficient (Wildman–Crippen LogP) is 2.55. The van der Waals surface area contributed by atoms with Gasteiger partial charge in [0.25, 0.3) is 0 Å². The molecule has 0 bridgehead atoms. The summed E-state index contributed by atoms with van der Waals surface area (Å²) in [5.74, 6) is 0.860. The van der Waals surface area contributed by atoms with Crippen molar-refractivity contribution < 1.29 is 4.79 Å². The Morgan fingerprint density at radius 2 is 2.00 bits per heavy atom. The van der Waals surface area contributed by atoms with Crippen LogP contribution in [0.15, 0.2) is 30.3 Å². The fraction of sp³-hybridized carbons (Fsp3) is 0.500. The standard InChI is InChI=1S/C14H18NO/c16-14(11-13-5-2-1-3-6-13)15-10-9-12-7-4-8-12/h1-3,5-6,12H,4,7-11H2. The van der Waals surface area contributed by atoms with Crippen LogP contribution in [0.25, 0.3) is 0 Å². The molecule has 1 saturated carbocycles. The van der Waals surface area contributed by atoms with Crippen LogP contribution in [0, 0.1) is 5.92 Å². The first-order chi connectivity index (χ1) is 7.84.